The summed E-state index contributed by atoms with van der Waals surface area (Å²) in [5.41, 5.74) is 0.463. The molecule has 1 aromatic carbocycles. The number of ketones is 1. The van der Waals surface area contributed by atoms with Gasteiger partial charge in [0.05, 0.1) is 27.6 Å². The third-order valence-electron chi connectivity index (χ3n) is 4.06. The molecule has 1 unspecified atom stereocenters. The molecule has 0 fully saturated rings. The molecule has 2 amide bonds. The van der Waals surface area contributed by atoms with E-state index >= 15 is 0 Å². The predicted molar refractivity (Wildman–Crippen MR) is 121 cm³/mol. The molecule has 0 aliphatic heterocycles. The Balaban J connectivity index is 1.99. The van der Waals surface area contributed by atoms with E-state index in [0.717, 1.165) is 29.4 Å². The molecular weight excluding hydrogens is 479 g/mol. The van der Waals surface area contributed by atoms with Gasteiger partial charge in [0.15, 0.2) is 5.78 Å². The van der Waals surface area contributed by atoms with Gasteiger partial charge in [-0.15, -0.1) is 10.2 Å². The van der Waals surface area contributed by atoms with Gasteiger partial charge >= 0.3 is 6.09 Å². The van der Waals surface area contributed by atoms with Gasteiger partial charge < -0.3 is 15.4 Å². The molecule has 0 aliphatic rings. The van der Waals surface area contributed by atoms with Crippen LogP contribution in [0.5, 0.6) is 0 Å². The first kappa shape index (κ1) is 25.9. The van der Waals surface area contributed by atoms with Gasteiger partial charge in [0.2, 0.25) is 11.1 Å². The van der Waals surface area contributed by atoms with Crippen LogP contribution in [0, 0.1) is 0 Å². The van der Waals surface area contributed by atoms with E-state index in [9.17, 15) is 14.4 Å². The van der Waals surface area contributed by atoms with Crippen LogP contribution in [0.2, 0.25) is 10.0 Å². The lowest BCUT2D eigenvalue weighted by molar-refractivity contribution is -0.122. The van der Waals surface area contributed by atoms with E-state index in [-0.39, 0.29) is 23.4 Å². The van der Waals surface area contributed by atoms with E-state index in [0.29, 0.717) is 33.7 Å². The summed E-state index contributed by atoms with van der Waals surface area (Å²) in [6, 6.07) is 2.39. The molecule has 2 N–H and O–H groups in total. The Morgan fingerprint density at radius 2 is 1.91 bits per heavy atom. The van der Waals surface area contributed by atoms with Crippen LogP contribution in [-0.2, 0) is 20.9 Å². The number of nitrogens with one attached hydrogen (secondary N) is 2. The van der Waals surface area contributed by atoms with Crippen molar-refractivity contribution in [2.75, 3.05) is 11.9 Å². The Labute approximate surface area is 199 Å². The van der Waals surface area contributed by atoms with Gasteiger partial charge in [-0.1, -0.05) is 43.5 Å². The van der Waals surface area contributed by atoms with Crippen molar-refractivity contribution in [3.63, 3.8) is 0 Å². The SMILES string of the molecule is CCCCOC(=O)NC(CC)C(=O)Cn1nnc(Sc2c(Cl)cc(NC(C)=O)cc2Cl)n1. The minimum Gasteiger partial charge on any atom is -0.450 e. The number of rotatable bonds is 11. The summed E-state index contributed by atoms with van der Waals surface area (Å²) in [5.74, 6) is -0.537. The predicted octanol–water partition coefficient (Wildman–Crippen LogP) is 3.96. The van der Waals surface area contributed by atoms with Crippen LogP contribution in [0.25, 0.3) is 0 Å². The summed E-state index contributed by atoms with van der Waals surface area (Å²) >= 11 is 13.6. The quantitative estimate of drug-likeness (QED) is 0.441. The Bertz CT molecular complexity index is 948. The zero-order chi connectivity index (χ0) is 23.7. The fraction of sp³-hybridized carbons (Fsp3) is 0.474. The van der Waals surface area contributed by atoms with Gasteiger partial charge in [-0.2, -0.15) is 4.80 Å². The van der Waals surface area contributed by atoms with Crippen molar-refractivity contribution in [3.05, 3.63) is 22.2 Å². The monoisotopic (exact) mass is 502 g/mol. The molecule has 0 spiro atoms. The fourth-order valence-corrected chi connectivity index (χ4v) is 3.94. The first-order valence-corrected chi connectivity index (χ1v) is 11.5. The fourth-order valence-electron chi connectivity index (χ4n) is 2.51. The Morgan fingerprint density at radius 1 is 1.22 bits per heavy atom. The van der Waals surface area contributed by atoms with Gasteiger partial charge in [0.25, 0.3) is 0 Å². The van der Waals surface area contributed by atoms with Gasteiger partial charge in [-0.05, 0) is 41.9 Å². The number of unbranched alkanes of at least 4 members (excludes halogenated alkanes) is 1. The number of ether oxygens (including phenoxy) is 1. The number of Topliss-reactive ketones (excluding diaryl/α,β-unsaturated/α-hetero) is 1. The highest BCUT2D eigenvalue weighted by molar-refractivity contribution is 7.99. The van der Waals surface area contributed by atoms with E-state index in [2.05, 4.69) is 26.0 Å². The minimum atomic E-state index is -0.726. The largest absolute Gasteiger partial charge is 0.450 e. The molecule has 2 aromatic rings. The summed E-state index contributed by atoms with van der Waals surface area (Å²) < 4.78 is 5.03. The molecule has 32 heavy (non-hydrogen) atoms. The standard InChI is InChI=1S/C19H24Cl2N6O4S/c1-4-6-7-31-19(30)23-15(5-2)16(29)10-27-25-18(24-26-27)32-17-13(20)8-12(9-14(17)21)22-11(3)28/h8-9,15H,4-7,10H2,1-3H3,(H,22,28)(H,23,30). The number of halogens is 2. The van der Waals surface area contributed by atoms with Crippen LogP contribution in [0.4, 0.5) is 10.5 Å². The second kappa shape index (κ2) is 12.6. The van der Waals surface area contributed by atoms with E-state index < -0.39 is 12.1 Å². The Kier molecular flexibility index (Phi) is 10.2. The van der Waals surface area contributed by atoms with E-state index in [1.807, 2.05) is 6.92 Å². The summed E-state index contributed by atoms with van der Waals surface area (Å²) in [5, 5.41) is 17.9. The number of tetrazole rings is 1. The Hall–Kier alpha value is -2.37. The Morgan fingerprint density at radius 3 is 2.50 bits per heavy atom. The molecule has 0 radical (unpaired) electrons. The molecule has 0 saturated heterocycles. The van der Waals surface area contributed by atoms with Crippen molar-refractivity contribution in [1.29, 1.82) is 0 Å². The molecule has 0 saturated carbocycles. The lowest BCUT2D eigenvalue weighted by Gasteiger charge is -2.15. The number of benzene rings is 1. The number of hydrogen-bond donors (Lipinski definition) is 2. The normalized spacial score (nSPS) is 11.7. The van der Waals surface area contributed by atoms with Gasteiger partial charge in [0, 0.05) is 12.6 Å². The van der Waals surface area contributed by atoms with Crippen LogP contribution in [0.15, 0.2) is 22.2 Å². The lowest BCUT2D eigenvalue weighted by atomic mass is 10.1. The van der Waals surface area contributed by atoms with Crippen LogP contribution in [-0.4, -0.2) is 50.6 Å². The van der Waals surface area contributed by atoms with Gasteiger partial charge in [-0.25, -0.2) is 4.79 Å². The van der Waals surface area contributed by atoms with Crippen LogP contribution in [0.1, 0.15) is 40.0 Å². The van der Waals surface area contributed by atoms with Crippen LogP contribution < -0.4 is 10.6 Å². The number of alkyl carbamates (subject to hydrolysis) is 1. The highest BCUT2D eigenvalue weighted by Gasteiger charge is 2.21. The third kappa shape index (κ3) is 7.95. The third-order valence-corrected chi connectivity index (χ3v) is 5.87. The molecular formula is C19H24Cl2N6O4S. The van der Waals surface area contributed by atoms with Crippen molar-refractivity contribution in [1.82, 2.24) is 25.5 Å². The number of hydrogen-bond acceptors (Lipinski definition) is 8. The van der Waals surface area contributed by atoms with Gasteiger partial charge in [0.1, 0.15) is 6.54 Å². The maximum Gasteiger partial charge on any atom is 0.407 e. The molecule has 0 aliphatic carbocycles. The number of carbonyl (C=O) groups is 3. The number of nitrogens with zero attached hydrogens (tertiary/aromatic N) is 4. The molecule has 0 bridgehead atoms. The molecule has 1 heterocycles. The summed E-state index contributed by atoms with van der Waals surface area (Å²) in [4.78, 5) is 37.2. The molecule has 13 heteroatoms. The first-order chi connectivity index (χ1) is 15.2. The topological polar surface area (TPSA) is 128 Å². The summed E-state index contributed by atoms with van der Waals surface area (Å²) in [7, 11) is 0. The van der Waals surface area contributed by atoms with Crippen molar-refractivity contribution < 1.29 is 19.1 Å². The van der Waals surface area contributed by atoms with Crippen LogP contribution in [0.3, 0.4) is 0 Å². The number of carbonyl (C=O) groups excluding carboxylic acids is 3. The molecule has 1 atom stereocenters. The van der Waals surface area contributed by atoms with Crippen molar-refractivity contribution >= 4 is 58.4 Å². The number of aromatic nitrogens is 4. The van der Waals surface area contributed by atoms with Gasteiger partial charge in [-0.3, -0.25) is 9.59 Å². The zero-order valence-electron chi connectivity index (χ0n) is 17.9. The molecule has 10 nitrogen and oxygen atoms in total. The number of amides is 2. The smallest absolute Gasteiger partial charge is 0.407 e. The average molecular weight is 503 g/mol. The maximum absolute atomic E-state index is 12.5. The highest BCUT2D eigenvalue weighted by Crippen LogP contribution is 2.39. The van der Waals surface area contributed by atoms with Crippen molar-refractivity contribution in [2.45, 2.75) is 62.7 Å². The van der Waals surface area contributed by atoms with Crippen molar-refractivity contribution in [3.8, 4) is 0 Å². The summed E-state index contributed by atoms with van der Waals surface area (Å²) in [6.07, 6.45) is 1.42. The van der Waals surface area contributed by atoms with E-state index in [1.165, 1.54) is 6.92 Å². The second-order valence-electron chi connectivity index (χ2n) is 6.72. The van der Waals surface area contributed by atoms with Crippen LogP contribution >= 0.6 is 35.0 Å². The lowest BCUT2D eigenvalue weighted by Crippen LogP contribution is -2.42. The van der Waals surface area contributed by atoms with E-state index in [4.69, 9.17) is 27.9 Å². The number of anilines is 1. The first-order valence-electron chi connectivity index (χ1n) is 9.91. The van der Waals surface area contributed by atoms with Crippen molar-refractivity contribution in [2.24, 2.45) is 0 Å². The minimum absolute atomic E-state index is 0.176. The average Bonchev–Trinajstić information content (AvgIpc) is 3.15. The van der Waals surface area contributed by atoms with E-state index in [1.54, 1.807) is 19.1 Å². The zero-order valence-corrected chi connectivity index (χ0v) is 20.2. The molecule has 1 aromatic heterocycles. The highest BCUT2D eigenvalue weighted by atomic mass is 35.5. The molecule has 174 valence electrons. The molecule has 2 rings (SSSR count). The second-order valence-corrected chi connectivity index (χ2v) is 8.51. The maximum atomic E-state index is 12.5. The summed E-state index contributed by atoms with van der Waals surface area (Å²) in [6.45, 7) is 5.26.